The summed E-state index contributed by atoms with van der Waals surface area (Å²) in [6, 6.07) is 5.15. The molecule has 0 radical (unpaired) electrons. The highest BCUT2D eigenvalue weighted by Gasteiger charge is 2.13. The number of hydrogen-bond acceptors (Lipinski definition) is 4. The minimum atomic E-state index is -0.360. The lowest BCUT2D eigenvalue weighted by molar-refractivity contribution is 0.102. The number of nitrogens with zero attached hydrogens (tertiary/aromatic N) is 2. The van der Waals surface area contributed by atoms with Crippen LogP contribution in [-0.4, -0.2) is 15.9 Å². The molecule has 7 heteroatoms. The number of anilines is 2. The number of nitrogen functional groups attached to an aromatic ring is 1. The zero-order valence-electron chi connectivity index (χ0n) is 9.02. The first kappa shape index (κ1) is 13.0. The Morgan fingerprint density at radius 1 is 1.33 bits per heavy atom. The maximum absolute atomic E-state index is 12.0. The predicted octanol–water partition coefficient (Wildman–Crippen LogP) is 2.84. The highest BCUT2D eigenvalue weighted by Crippen LogP contribution is 2.21. The van der Waals surface area contributed by atoms with Crippen LogP contribution in [0, 0.1) is 0 Å². The number of nitrogens with one attached hydrogen (secondary N) is 1. The average Bonchev–Trinajstić information content (AvgIpc) is 2.35. The summed E-state index contributed by atoms with van der Waals surface area (Å²) < 4.78 is 1.38. The Morgan fingerprint density at radius 3 is 2.83 bits per heavy atom. The fraction of sp³-hybridized carbons (Fsp3) is 0. The Bertz CT molecular complexity index is 603. The van der Waals surface area contributed by atoms with Gasteiger partial charge < -0.3 is 11.1 Å². The topological polar surface area (TPSA) is 80.9 Å². The van der Waals surface area contributed by atoms with Crippen molar-refractivity contribution in [2.75, 3.05) is 11.1 Å². The summed E-state index contributed by atoms with van der Waals surface area (Å²) in [4.78, 5) is 20.0. The number of rotatable bonds is 2. The lowest BCUT2D eigenvalue weighted by Gasteiger charge is -2.07. The van der Waals surface area contributed by atoms with Gasteiger partial charge in [-0.15, -0.1) is 0 Å². The van der Waals surface area contributed by atoms with Gasteiger partial charge in [0.15, 0.2) is 0 Å². The number of carbonyl (C=O) groups is 1. The van der Waals surface area contributed by atoms with E-state index in [-0.39, 0.29) is 11.7 Å². The number of amides is 1. The van der Waals surface area contributed by atoms with E-state index in [1.165, 1.54) is 6.20 Å². The number of pyridine rings is 2. The second-order valence-corrected chi connectivity index (χ2v) is 5.14. The van der Waals surface area contributed by atoms with Crippen LogP contribution in [0.4, 0.5) is 11.6 Å². The monoisotopic (exact) mass is 370 g/mol. The summed E-state index contributed by atoms with van der Waals surface area (Å²) in [6.45, 7) is 0. The van der Waals surface area contributed by atoms with Crippen molar-refractivity contribution in [1.29, 1.82) is 0 Å². The fourth-order valence-corrected chi connectivity index (χ4v) is 1.97. The molecule has 92 valence electrons. The SMILES string of the molecule is Nc1ncc(Br)cc1C(=O)Nc1ncccc1Br. The lowest BCUT2D eigenvalue weighted by Crippen LogP contribution is -2.16. The van der Waals surface area contributed by atoms with Crippen LogP contribution in [0.5, 0.6) is 0 Å². The number of nitrogens with two attached hydrogens (primary N) is 1. The zero-order valence-corrected chi connectivity index (χ0v) is 12.2. The van der Waals surface area contributed by atoms with Crippen molar-refractivity contribution in [3.63, 3.8) is 0 Å². The van der Waals surface area contributed by atoms with Crippen molar-refractivity contribution in [2.45, 2.75) is 0 Å². The molecular weight excluding hydrogens is 364 g/mol. The van der Waals surface area contributed by atoms with Crippen LogP contribution in [0.15, 0.2) is 39.5 Å². The van der Waals surface area contributed by atoms with Gasteiger partial charge in [-0.05, 0) is 50.1 Å². The third kappa shape index (κ3) is 2.85. The van der Waals surface area contributed by atoms with E-state index in [1.54, 1.807) is 24.4 Å². The largest absolute Gasteiger partial charge is 0.383 e. The molecule has 0 saturated carbocycles. The molecule has 2 heterocycles. The molecule has 3 N–H and O–H groups in total. The maximum Gasteiger partial charge on any atom is 0.260 e. The Labute approximate surface area is 120 Å². The van der Waals surface area contributed by atoms with Crippen molar-refractivity contribution in [1.82, 2.24) is 9.97 Å². The van der Waals surface area contributed by atoms with Crippen molar-refractivity contribution in [2.24, 2.45) is 0 Å². The standard InChI is InChI=1S/C11H8Br2N4O/c12-6-4-7(9(14)16-5-6)11(18)17-10-8(13)2-1-3-15-10/h1-5H,(H2,14,16)(H,15,17,18). The van der Waals surface area contributed by atoms with E-state index in [0.29, 0.717) is 20.3 Å². The van der Waals surface area contributed by atoms with E-state index < -0.39 is 0 Å². The second-order valence-electron chi connectivity index (χ2n) is 3.37. The minimum absolute atomic E-state index is 0.169. The van der Waals surface area contributed by atoms with Crippen LogP contribution in [0.1, 0.15) is 10.4 Å². The van der Waals surface area contributed by atoms with Crippen LogP contribution in [0.25, 0.3) is 0 Å². The van der Waals surface area contributed by atoms with E-state index in [1.807, 2.05) is 0 Å². The molecular formula is C11H8Br2N4O. The van der Waals surface area contributed by atoms with Gasteiger partial charge in [-0.25, -0.2) is 9.97 Å². The third-order valence-electron chi connectivity index (χ3n) is 2.12. The first-order valence-electron chi connectivity index (χ1n) is 4.91. The molecule has 1 amide bonds. The summed E-state index contributed by atoms with van der Waals surface area (Å²) in [7, 11) is 0. The molecule has 2 rings (SSSR count). The number of hydrogen-bond donors (Lipinski definition) is 2. The van der Waals surface area contributed by atoms with E-state index in [4.69, 9.17) is 5.73 Å². The van der Waals surface area contributed by atoms with Crippen molar-refractivity contribution < 1.29 is 4.79 Å². The maximum atomic E-state index is 12.0. The molecule has 0 spiro atoms. The molecule has 2 aromatic heterocycles. The molecule has 0 unspecified atom stereocenters. The highest BCUT2D eigenvalue weighted by atomic mass is 79.9. The molecule has 0 bridgehead atoms. The molecule has 0 fully saturated rings. The van der Waals surface area contributed by atoms with Gasteiger partial charge in [0.2, 0.25) is 0 Å². The van der Waals surface area contributed by atoms with Crippen LogP contribution >= 0.6 is 31.9 Å². The van der Waals surface area contributed by atoms with Gasteiger partial charge in [0.25, 0.3) is 5.91 Å². The molecule has 0 aromatic carbocycles. The van der Waals surface area contributed by atoms with E-state index in [9.17, 15) is 4.79 Å². The van der Waals surface area contributed by atoms with Crippen LogP contribution in [0.3, 0.4) is 0 Å². The summed E-state index contributed by atoms with van der Waals surface area (Å²) in [5.74, 6) is 0.241. The third-order valence-corrected chi connectivity index (χ3v) is 3.19. The fourth-order valence-electron chi connectivity index (χ4n) is 1.28. The Hall–Kier alpha value is -1.47. The molecule has 2 aromatic rings. The van der Waals surface area contributed by atoms with Crippen LogP contribution in [-0.2, 0) is 0 Å². The molecule has 5 nitrogen and oxygen atoms in total. The Kier molecular flexibility index (Phi) is 3.93. The summed E-state index contributed by atoms with van der Waals surface area (Å²) in [5, 5.41) is 2.66. The van der Waals surface area contributed by atoms with Crippen molar-refractivity contribution in [3.05, 3.63) is 45.1 Å². The predicted molar refractivity (Wildman–Crippen MR) is 76.2 cm³/mol. The lowest BCUT2D eigenvalue weighted by atomic mass is 10.2. The van der Waals surface area contributed by atoms with Gasteiger partial charge in [0, 0.05) is 16.9 Å². The molecule has 18 heavy (non-hydrogen) atoms. The van der Waals surface area contributed by atoms with Gasteiger partial charge in [0.1, 0.15) is 11.6 Å². The smallest absolute Gasteiger partial charge is 0.260 e. The molecule has 0 saturated heterocycles. The van der Waals surface area contributed by atoms with E-state index in [0.717, 1.165) is 0 Å². The molecule has 0 atom stereocenters. The van der Waals surface area contributed by atoms with Gasteiger partial charge >= 0.3 is 0 Å². The van der Waals surface area contributed by atoms with Gasteiger partial charge in [-0.2, -0.15) is 0 Å². The summed E-state index contributed by atoms with van der Waals surface area (Å²) in [6.07, 6.45) is 3.12. The number of halogens is 2. The first-order chi connectivity index (χ1) is 8.58. The normalized spacial score (nSPS) is 10.1. The summed E-state index contributed by atoms with van der Waals surface area (Å²) >= 11 is 6.54. The second kappa shape index (κ2) is 5.45. The van der Waals surface area contributed by atoms with E-state index >= 15 is 0 Å². The molecule has 0 aliphatic carbocycles. The molecule has 0 aliphatic heterocycles. The van der Waals surface area contributed by atoms with Gasteiger partial charge in [-0.3, -0.25) is 4.79 Å². The molecule has 0 aliphatic rings. The van der Waals surface area contributed by atoms with Crippen molar-refractivity contribution >= 4 is 49.4 Å². The summed E-state index contributed by atoms with van der Waals surface area (Å²) in [5.41, 5.74) is 5.95. The van der Waals surface area contributed by atoms with Gasteiger partial charge in [0.05, 0.1) is 10.0 Å². The minimum Gasteiger partial charge on any atom is -0.383 e. The first-order valence-corrected chi connectivity index (χ1v) is 6.49. The average molecular weight is 372 g/mol. The zero-order chi connectivity index (χ0) is 13.1. The van der Waals surface area contributed by atoms with Crippen LogP contribution in [0.2, 0.25) is 0 Å². The highest BCUT2D eigenvalue weighted by molar-refractivity contribution is 9.10. The Balaban J connectivity index is 2.28. The van der Waals surface area contributed by atoms with Crippen LogP contribution < -0.4 is 11.1 Å². The quantitative estimate of drug-likeness (QED) is 0.850. The van der Waals surface area contributed by atoms with E-state index in [2.05, 4.69) is 47.1 Å². The van der Waals surface area contributed by atoms with Crippen molar-refractivity contribution in [3.8, 4) is 0 Å². The Morgan fingerprint density at radius 2 is 2.11 bits per heavy atom. The number of aromatic nitrogens is 2. The van der Waals surface area contributed by atoms with Gasteiger partial charge in [-0.1, -0.05) is 0 Å². The number of carbonyl (C=O) groups excluding carboxylic acids is 1.